The van der Waals surface area contributed by atoms with Crippen LogP contribution in [-0.2, 0) is 0 Å². The lowest BCUT2D eigenvalue weighted by atomic mass is 10.1. The fourth-order valence-corrected chi connectivity index (χ4v) is 1.67. The zero-order valence-corrected chi connectivity index (χ0v) is 6.62. The summed E-state index contributed by atoms with van der Waals surface area (Å²) in [7, 11) is 4.14. The van der Waals surface area contributed by atoms with Crippen LogP contribution in [0.25, 0.3) is 0 Å². The molecule has 0 radical (unpaired) electrons. The Kier molecular flexibility index (Phi) is 1.99. The van der Waals surface area contributed by atoms with Gasteiger partial charge in [0, 0.05) is 0 Å². The lowest BCUT2D eigenvalue weighted by Crippen LogP contribution is -2.37. The molecule has 2 N–H and O–H groups in total. The van der Waals surface area contributed by atoms with E-state index in [2.05, 4.69) is 14.1 Å². The van der Waals surface area contributed by atoms with E-state index in [9.17, 15) is 5.11 Å². The van der Waals surface area contributed by atoms with Crippen molar-refractivity contribution in [2.75, 3.05) is 33.8 Å². The van der Waals surface area contributed by atoms with Gasteiger partial charge in [0.05, 0.1) is 33.2 Å². The highest BCUT2D eigenvalue weighted by Crippen LogP contribution is 2.19. The summed E-state index contributed by atoms with van der Waals surface area (Å²) in [5, 5.41) is 18.1. The summed E-state index contributed by atoms with van der Waals surface area (Å²) < 4.78 is 0.826. The predicted molar refractivity (Wildman–Crippen MR) is 38.4 cm³/mol. The molecule has 0 amide bonds. The smallest absolute Gasteiger partial charge is 0.113 e. The Morgan fingerprint density at radius 3 is 2.20 bits per heavy atom. The quantitative estimate of drug-likeness (QED) is 0.468. The molecule has 2 atom stereocenters. The van der Waals surface area contributed by atoms with Crippen molar-refractivity contribution in [2.24, 2.45) is 5.92 Å². The predicted octanol–water partition coefficient (Wildman–Crippen LogP) is -0.954. The average molecular weight is 146 g/mol. The van der Waals surface area contributed by atoms with E-state index in [1.54, 1.807) is 0 Å². The van der Waals surface area contributed by atoms with Crippen molar-refractivity contribution in [1.82, 2.24) is 0 Å². The molecule has 1 rings (SSSR count). The van der Waals surface area contributed by atoms with Crippen molar-refractivity contribution in [3.8, 4) is 0 Å². The number of nitrogens with zero attached hydrogens (tertiary/aromatic N) is 1. The van der Waals surface area contributed by atoms with Crippen LogP contribution in [-0.4, -0.2) is 54.6 Å². The molecule has 1 aliphatic rings. The fraction of sp³-hybridized carbons (Fsp3) is 1.00. The van der Waals surface area contributed by atoms with E-state index in [4.69, 9.17) is 5.11 Å². The summed E-state index contributed by atoms with van der Waals surface area (Å²) in [6.45, 7) is 1.77. The highest BCUT2D eigenvalue weighted by molar-refractivity contribution is 4.73. The van der Waals surface area contributed by atoms with Crippen LogP contribution >= 0.6 is 0 Å². The molecule has 1 saturated heterocycles. The largest absolute Gasteiger partial charge is 0.396 e. The molecule has 1 aliphatic heterocycles. The minimum atomic E-state index is -0.306. The third kappa shape index (κ3) is 1.48. The molecule has 1 heterocycles. The van der Waals surface area contributed by atoms with Crippen LogP contribution in [0.15, 0.2) is 0 Å². The van der Waals surface area contributed by atoms with Crippen molar-refractivity contribution in [3.05, 3.63) is 0 Å². The molecule has 0 aromatic heterocycles. The molecule has 0 aromatic rings. The molecule has 3 heteroatoms. The van der Waals surface area contributed by atoms with E-state index in [0.29, 0.717) is 0 Å². The van der Waals surface area contributed by atoms with E-state index in [1.807, 2.05) is 0 Å². The summed E-state index contributed by atoms with van der Waals surface area (Å²) >= 11 is 0. The summed E-state index contributed by atoms with van der Waals surface area (Å²) in [6, 6.07) is 0. The van der Waals surface area contributed by atoms with Gasteiger partial charge in [0.25, 0.3) is 0 Å². The average Bonchev–Trinajstić information content (AvgIpc) is 2.05. The van der Waals surface area contributed by atoms with Gasteiger partial charge in [0.1, 0.15) is 12.6 Å². The third-order valence-electron chi connectivity index (χ3n) is 2.19. The second kappa shape index (κ2) is 2.49. The number of rotatable bonds is 1. The Labute approximate surface area is 61.5 Å². The van der Waals surface area contributed by atoms with E-state index in [-0.39, 0.29) is 18.6 Å². The lowest BCUT2D eigenvalue weighted by molar-refractivity contribution is -0.880. The minimum Gasteiger partial charge on any atom is -0.396 e. The maximum atomic E-state index is 9.35. The number of aliphatic hydroxyl groups is 2. The van der Waals surface area contributed by atoms with Crippen LogP contribution < -0.4 is 0 Å². The zero-order valence-electron chi connectivity index (χ0n) is 6.62. The van der Waals surface area contributed by atoms with Crippen molar-refractivity contribution in [1.29, 1.82) is 0 Å². The van der Waals surface area contributed by atoms with Crippen molar-refractivity contribution >= 4 is 0 Å². The molecule has 0 aromatic carbocycles. The SMILES string of the molecule is C[N+]1(C)CC(O)C(CO)C1. The first-order valence-electron chi connectivity index (χ1n) is 3.66. The van der Waals surface area contributed by atoms with Gasteiger partial charge < -0.3 is 14.7 Å². The highest BCUT2D eigenvalue weighted by atomic mass is 16.3. The van der Waals surface area contributed by atoms with Crippen molar-refractivity contribution in [3.63, 3.8) is 0 Å². The normalized spacial score (nSPS) is 38.4. The van der Waals surface area contributed by atoms with Crippen LogP contribution in [0.1, 0.15) is 0 Å². The number of aliphatic hydroxyl groups excluding tert-OH is 2. The van der Waals surface area contributed by atoms with Crippen LogP contribution in [0.3, 0.4) is 0 Å². The first-order chi connectivity index (χ1) is 4.55. The van der Waals surface area contributed by atoms with Gasteiger partial charge in [-0.2, -0.15) is 0 Å². The molecule has 3 nitrogen and oxygen atoms in total. The van der Waals surface area contributed by atoms with Crippen molar-refractivity contribution in [2.45, 2.75) is 6.10 Å². The Balaban J connectivity index is 2.52. The molecular weight excluding hydrogens is 130 g/mol. The molecule has 2 unspecified atom stereocenters. The lowest BCUT2D eigenvalue weighted by Gasteiger charge is -2.22. The maximum absolute atomic E-state index is 9.35. The van der Waals surface area contributed by atoms with Crippen LogP contribution in [0, 0.1) is 5.92 Å². The summed E-state index contributed by atoms with van der Waals surface area (Å²) in [6.07, 6.45) is -0.306. The topological polar surface area (TPSA) is 40.5 Å². The molecule has 0 saturated carbocycles. The van der Waals surface area contributed by atoms with Gasteiger partial charge >= 0.3 is 0 Å². The van der Waals surface area contributed by atoms with Gasteiger partial charge in [0.2, 0.25) is 0 Å². The third-order valence-corrected chi connectivity index (χ3v) is 2.19. The van der Waals surface area contributed by atoms with Gasteiger partial charge in [-0.15, -0.1) is 0 Å². The summed E-state index contributed by atoms with van der Waals surface area (Å²) in [5.74, 6) is 0.0926. The minimum absolute atomic E-state index is 0.0926. The number of quaternary nitrogens is 1. The summed E-state index contributed by atoms with van der Waals surface area (Å²) in [5.41, 5.74) is 0. The van der Waals surface area contributed by atoms with Gasteiger partial charge in [-0.25, -0.2) is 0 Å². The number of hydrogen-bond acceptors (Lipinski definition) is 2. The Bertz CT molecular complexity index is 125. The number of hydrogen-bond donors (Lipinski definition) is 2. The second-order valence-electron chi connectivity index (χ2n) is 3.81. The van der Waals surface area contributed by atoms with E-state index in [1.165, 1.54) is 0 Å². The van der Waals surface area contributed by atoms with Crippen LogP contribution in [0.2, 0.25) is 0 Å². The maximum Gasteiger partial charge on any atom is 0.113 e. The molecule has 1 fully saturated rings. The Morgan fingerprint density at radius 2 is 2.00 bits per heavy atom. The molecule has 10 heavy (non-hydrogen) atoms. The number of likely N-dealkylation sites (N-methyl/N-ethyl adjacent to an activating group) is 1. The molecule has 60 valence electrons. The van der Waals surface area contributed by atoms with Gasteiger partial charge in [-0.05, 0) is 0 Å². The standard InChI is InChI=1S/C7H16NO2/c1-8(2)3-6(5-9)7(10)4-8/h6-7,9-10H,3-5H2,1-2H3/q+1. The van der Waals surface area contributed by atoms with Gasteiger partial charge in [0.15, 0.2) is 0 Å². The Hall–Kier alpha value is -0.120. The van der Waals surface area contributed by atoms with E-state index >= 15 is 0 Å². The molecule has 0 bridgehead atoms. The van der Waals surface area contributed by atoms with Crippen molar-refractivity contribution < 1.29 is 14.7 Å². The zero-order chi connectivity index (χ0) is 7.78. The van der Waals surface area contributed by atoms with Crippen LogP contribution in [0.4, 0.5) is 0 Å². The fourth-order valence-electron chi connectivity index (χ4n) is 1.67. The first kappa shape index (κ1) is 7.98. The Morgan fingerprint density at radius 1 is 1.40 bits per heavy atom. The van der Waals surface area contributed by atoms with E-state index in [0.717, 1.165) is 17.6 Å². The van der Waals surface area contributed by atoms with Gasteiger partial charge in [-0.1, -0.05) is 0 Å². The first-order valence-corrected chi connectivity index (χ1v) is 3.66. The highest BCUT2D eigenvalue weighted by Gasteiger charge is 2.38. The van der Waals surface area contributed by atoms with Gasteiger partial charge in [-0.3, -0.25) is 0 Å². The molecule has 0 spiro atoms. The second-order valence-corrected chi connectivity index (χ2v) is 3.81. The monoisotopic (exact) mass is 146 g/mol. The molecular formula is C7H16NO2+. The van der Waals surface area contributed by atoms with Crippen LogP contribution in [0.5, 0.6) is 0 Å². The van der Waals surface area contributed by atoms with E-state index < -0.39 is 0 Å². The molecule has 0 aliphatic carbocycles. The summed E-state index contributed by atoms with van der Waals surface area (Å²) in [4.78, 5) is 0. The number of likely N-dealkylation sites (tertiary alicyclic amines) is 1.